The van der Waals surface area contributed by atoms with E-state index in [1.807, 2.05) is 32.2 Å². The predicted molar refractivity (Wildman–Crippen MR) is 125 cm³/mol. The van der Waals surface area contributed by atoms with Gasteiger partial charge in [0.25, 0.3) is 0 Å². The zero-order chi connectivity index (χ0) is 22.9. The van der Waals surface area contributed by atoms with Crippen molar-refractivity contribution >= 4 is 21.8 Å². The monoisotopic (exact) mass is 457 g/mol. The first-order valence-electron chi connectivity index (χ1n) is 10.0. The summed E-state index contributed by atoms with van der Waals surface area (Å²) in [5.74, 6) is 1.73. The van der Waals surface area contributed by atoms with Gasteiger partial charge >= 0.3 is 0 Å². The third kappa shape index (κ3) is 3.96. The summed E-state index contributed by atoms with van der Waals surface area (Å²) < 4.78 is 10.7. The molecule has 9 nitrogen and oxygen atoms in total. The topological polar surface area (TPSA) is 109 Å². The van der Waals surface area contributed by atoms with Crippen LogP contribution in [-0.4, -0.2) is 49.1 Å². The number of aryl methyl sites for hydroxylation is 2. The molecule has 0 atom stereocenters. The van der Waals surface area contributed by atoms with Crippen LogP contribution in [0.25, 0.3) is 43.7 Å². The smallest absolute Gasteiger partial charge is 0.190 e. The maximum Gasteiger partial charge on any atom is 0.190 e. The molecule has 0 amide bonds. The average Bonchev–Trinajstić information content (AvgIpc) is 3.27. The molecule has 0 radical (unpaired) electrons. The number of hydrogen-bond acceptors (Lipinski definition) is 10. The van der Waals surface area contributed by atoms with Gasteiger partial charge in [-0.1, -0.05) is 11.3 Å². The molecule has 0 saturated carbocycles. The van der Waals surface area contributed by atoms with Crippen molar-refractivity contribution in [2.45, 2.75) is 13.8 Å². The van der Waals surface area contributed by atoms with Crippen molar-refractivity contribution in [3.05, 3.63) is 54.5 Å². The molecule has 5 aromatic rings. The Hall–Kier alpha value is -4.05. The second-order valence-electron chi connectivity index (χ2n) is 7.25. The second kappa shape index (κ2) is 8.47. The molecule has 0 fully saturated rings. The minimum absolute atomic E-state index is 0.467. The number of methoxy groups -OCH3 is 2. The molecular formula is C23H19N7O2S. The van der Waals surface area contributed by atoms with Gasteiger partial charge in [-0.3, -0.25) is 9.97 Å². The van der Waals surface area contributed by atoms with Crippen molar-refractivity contribution < 1.29 is 9.47 Å². The molecule has 164 valence electrons. The quantitative estimate of drug-likeness (QED) is 0.381. The highest BCUT2D eigenvalue weighted by Crippen LogP contribution is 2.39. The van der Waals surface area contributed by atoms with Gasteiger partial charge in [0.2, 0.25) is 0 Å². The van der Waals surface area contributed by atoms with Gasteiger partial charge in [-0.25, -0.2) is 24.9 Å². The van der Waals surface area contributed by atoms with Gasteiger partial charge in [0.1, 0.15) is 16.5 Å². The Morgan fingerprint density at radius 3 is 2.15 bits per heavy atom. The lowest BCUT2D eigenvalue weighted by atomic mass is 10.0. The number of hydrogen-bond donors (Lipinski definition) is 0. The largest absolute Gasteiger partial charge is 0.494 e. The summed E-state index contributed by atoms with van der Waals surface area (Å²) >= 11 is 1.44. The molecule has 10 heteroatoms. The molecule has 0 aliphatic carbocycles. The van der Waals surface area contributed by atoms with Gasteiger partial charge in [0, 0.05) is 28.7 Å². The molecule has 33 heavy (non-hydrogen) atoms. The van der Waals surface area contributed by atoms with E-state index < -0.39 is 0 Å². The first-order valence-corrected chi connectivity index (χ1v) is 10.9. The molecule has 0 unspecified atom stereocenters. The van der Waals surface area contributed by atoms with E-state index in [1.54, 1.807) is 39.0 Å². The first-order chi connectivity index (χ1) is 16.1. The van der Waals surface area contributed by atoms with E-state index >= 15 is 0 Å². The fourth-order valence-electron chi connectivity index (χ4n) is 3.37. The standard InChI is InChI=1S/C23H19N7O2S/c1-12-5-15(16-6-13(2)25-11-19(16)32-4)17(9-24-12)22-30-21-23(33-22)29-18(10-28-21)20-26-7-14(31-3)8-27-20/h5-11H,1-4H3. The van der Waals surface area contributed by atoms with Crippen molar-refractivity contribution in [2.24, 2.45) is 0 Å². The van der Waals surface area contributed by atoms with Gasteiger partial charge < -0.3 is 9.47 Å². The maximum absolute atomic E-state index is 5.58. The molecule has 0 bridgehead atoms. The van der Waals surface area contributed by atoms with Crippen molar-refractivity contribution in [2.75, 3.05) is 14.2 Å². The normalized spacial score (nSPS) is 11.0. The third-order valence-electron chi connectivity index (χ3n) is 5.00. The van der Waals surface area contributed by atoms with Gasteiger partial charge in [0.05, 0.1) is 39.0 Å². The lowest BCUT2D eigenvalue weighted by Gasteiger charge is -2.12. The maximum atomic E-state index is 5.58. The van der Waals surface area contributed by atoms with Crippen molar-refractivity contribution in [3.8, 4) is 44.7 Å². The number of fused-ring (bicyclic) bond motifs is 1. The molecule has 0 N–H and O–H groups in total. The average molecular weight is 458 g/mol. The molecule has 0 aromatic carbocycles. The van der Waals surface area contributed by atoms with E-state index in [2.05, 4.69) is 29.9 Å². The van der Waals surface area contributed by atoms with Gasteiger partial charge in [0.15, 0.2) is 22.1 Å². The number of rotatable bonds is 5. The zero-order valence-corrected chi connectivity index (χ0v) is 19.2. The van der Waals surface area contributed by atoms with E-state index in [0.29, 0.717) is 33.5 Å². The van der Waals surface area contributed by atoms with Crippen molar-refractivity contribution in [1.29, 1.82) is 0 Å². The highest BCUT2D eigenvalue weighted by atomic mass is 32.1. The van der Waals surface area contributed by atoms with Crippen LogP contribution < -0.4 is 9.47 Å². The Morgan fingerprint density at radius 1 is 0.697 bits per heavy atom. The number of nitrogens with zero attached hydrogens (tertiary/aromatic N) is 7. The molecule has 0 spiro atoms. The molecule has 0 aliphatic heterocycles. The first kappa shape index (κ1) is 20.8. The van der Waals surface area contributed by atoms with E-state index in [0.717, 1.165) is 33.1 Å². The number of pyridine rings is 2. The van der Waals surface area contributed by atoms with Crippen LogP contribution >= 0.6 is 11.3 Å². The van der Waals surface area contributed by atoms with Crippen molar-refractivity contribution in [3.63, 3.8) is 0 Å². The SMILES string of the molecule is COc1cnc(-c2cnc3nc(-c4cnc(C)cc4-c4cc(C)ncc4OC)sc3n2)nc1. The number of thiazole rings is 1. The van der Waals surface area contributed by atoms with Crippen molar-refractivity contribution in [1.82, 2.24) is 34.9 Å². The summed E-state index contributed by atoms with van der Waals surface area (Å²) in [6, 6.07) is 4.02. The van der Waals surface area contributed by atoms with Crippen LogP contribution in [0.3, 0.4) is 0 Å². The number of aromatic nitrogens is 7. The molecule has 5 aromatic heterocycles. The Bertz CT molecular complexity index is 1470. The Labute approximate surface area is 193 Å². The van der Waals surface area contributed by atoms with E-state index in [4.69, 9.17) is 14.5 Å². The predicted octanol–water partition coefficient (Wildman–Crippen LogP) is 4.30. The van der Waals surface area contributed by atoms with Crippen LogP contribution in [0.4, 0.5) is 0 Å². The van der Waals surface area contributed by atoms with Gasteiger partial charge in [-0.15, -0.1) is 0 Å². The molecule has 0 saturated heterocycles. The van der Waals surface area contributed by atoms with Gasteiger partial charge in [-0.05, 0) is 31.5 Å². The summed E-state index contributed by atoms with van der Waals surface area (Å²) in [4.78, 5) is 32.0. The molecule has 5 rings (SSSR count). The summed E-state index contributed by atoms with van der Waals surface area (Å²) in [6.07, 6.45) is 8.37. The number of ether oxygens (including phenoxy) is 2. The van der Waals surface area contributed by atoms with Crippen LogP contribution in [0.15, 0.2) is 43.1 Å². The van der Waals surface area contributed by atoms with E-state index in [-0.39, 0.29) is 0 Å². The Kier molecular flexibility index (Phi) is 5.35. The Balaban J connectivity index is 1.62. The Morgan fingerprint density at radius 2 is 1.42 bits per heavy atom. The highest BCUT2D eigenvalue weighted by Gasteiger charge is 2.18. The summed E-state index contributed by atoms with van der Waals surface area (Å²) in [5.41, 5.74) is 5.66. The fraction of sp³-hybridized carbons (Fsp3) is 0.174. The summed E-state index contributed by atoms with van der Waals surface area (Å²) in [6.45, 7) is 3.90. The zero-order valence-electron chi connectivity index (χ0n) is 18.4. The summed E-state index contributed by atoms with van der Waals surface area (Å²) in [5, 5.41) is 0.761. The second-order valence-corrected chi connectivity index (χ2v) is 8.22. The minimum Gasteiger partial charge on any atom is -0.494 e. The summed E-state index contributed by atoms with van der Waals surface area (Å²) in [7, 11) is 3.21. The van der Waals surface area contributed by atoms with Crippen LogP contribution in [-0.2, 0) is 0 Å². The molecular weight excluding hydrogens is 438 g/mol. The van der Waals surface area contributed by atoms with Crippen LogP contribution in [0.5, 0.6) is 11.5 Å². The fourth-order valence-corrected chi connectivity index (χ4v) is 4.29. The lowest BCUT2D eigenvalue weighted by molar-refractivity contribution is 0.411. The van der Waals surface area contributed by atoms with E-state index in [1.165, 1.54) is 11.3 Å². The van der Waals surface area contributed by atoms with E-state index in [9.17, 15) is 0 Å². The third-order valence-corrected chi connectivity index (χ3v) is 5.97. The van der Waals surface area contributed by atoms with Crippen LogP contribution in [0.1, 0.15) is 11.4 Å². The van der Waals surface area contributed by atoms with Crippen LogP contribution in [0, 0.1) is 13.8 Å². The van der Waals surface area contributed by atoms with Crippen LogP contribution in [0.2, 0.25) is 0 Å². The molecule has 5 heterocycles. The molecule has 0 aliphatic rings. The van der Waals surface area contributed by atoms with Gasteiger partial charge in [-0.2, -0.15) is 0 Å². The minimum atomic E-state index is 0.467. The highest BCUT2D eigenvalue weighted by molar-refractivity contribution is 7.21. The lowest BCUT2D eigenvalue weighted by Crippen LogP contribution is -1.95.